The van der Waals surface area contributed by atoms with Crippen LogP contribution in [0.4, 0.5) is 13.2 Å². The van der Waals surface area contributed by atoms with Gasteiger partial charge in [-0.3, -0.25) is 0 Å². The van der Waals surface area contributed by atoms with Gasteiger partial charge in [0.2, 0.25) is 0 Å². The van der Waals surface area contributed by atoms with Crippen LogP contribution in [0.1, 0.15) is 25.7 Å². The van der Waals surface area contributed by atoms with E-state index in [2.05, 4.69) is 0 Å². The Kier molecular flexibility index (Phi) is 2.68. The van der Waals surface area contributed by atoms with Crippen molar-refractivity contribution in [1.29, 1.82) is 0 Å². The van der Waals surface area contributed by atoms with Gasteiger partial charge in [0, 0.05) is 5.38 Å². The SMILES string of the molecule is FC(F)(F)C1CCCC(Cl)C1. The highest BCUT2D eigenvalue weighted by Gasteiger charge is 2.41. The molecule has 1 rings (SSSR count). The molecule has 2 unspecified atom stereocenters. The molecule has 0 radical (unpaired) electrons. The highest BCUT2D eigenvalue weighted by molar-refractivity contribution is 6.20. The highest BCUT2D eigenvalue weighted by atomic mass is 35.5. The molecule has 0 saturated heterocycles. The van der Waals surface area contributed by atoms with Crippen LogP contribution >= 0.6 is 11.6 Å². The smallest absolute Gasteiger partial charge is 0.171 e. The van der Waals surface area contributed by atoms with Crippen molar-refractivity contribution in [2.24, 2.45) is 5.92 Å². The number of halogens is 4. The van der Waals surface area contributed by atoms with E-state index in [0.29, 0.717) is 6.42 Å². The molecule has 4 heteroatoms. The zero-order chi connectivity index (χ0) is 8.48. The molecule has 1 fully saturated rings. The van der Waals surface area contributed by atoms with Crippen LogP contribution in [-0.4, -0.2) is 11.6 Å². The van der Waals surface area contributed by atoms with Crippen molar-refractivity contribution < 1.29 is 13.2 Å². The standard InChI is InChI=1S/C7H10ClF3/c8-6-3-1-2-5(4-6)7(9,10)11/h5-6H,1-4H2. The molecule has 2 atom stereocenters. The van der Waals surface area contributed by atoms with Crippen molar-refractivity contribution >= 4 is 11.6 Å². The fourth-order valence-corrected chi connectivity index (χ4v) is 1.80. The fraction of sp³-hybridized carbons (Fsp3) is 1.00. The van der Waals surface area contributed by atoms with Gasteiger partial charge in [0.25, 0.3) is 0 Å². The molecular weight excluding hydrogens is 177 g/mol. The van der Waals surface area contributed by atoms with E-state index >= 15 is 0 Å². The van der Waals surface area contributed by atoms with Crippen molar-refractivity contribution in [1.82, 2.24) is 0 Å². The Balaban J connectivity index is 2.46. The Morgan fingerprint density at radius 2 is 1.82 bits per heavy atom. The number of alkyl halides is 4. The Morgan fingerprint density at radius 3 is 2.18 bits per heavy atom. The highest BCUT2D eigenvalue weighted by Crippen LogP contribution is 2.38. The van der Waals surface area contributed by atoms with E-state index in [0.717, 1.165) is 6.42 Å². The Morgan fingerprint density at radius 1 is 1.18 bits per heavy atom. The minimum atomic E-state index is -4.03. The average molecular weight is 187 g/mol. The van der Waals surface area contributed by atoms with Crippen molar-refractivity contribution in [3.05, 3.63) is 0 Å². The van der Waals surface area contributed by atoms with Crippen molar-refractivity contribution in [3.8, 4) is 0 Å². The maximum absolute atomic E-state index is 12.1. The van der Waals surface area contributed by atoms with Gasteiger partial charge >= 0.3 is 6.18 Å². The number of hydrogen-bond donors (Lipinski definition) is 0. The Labute approximate surface area is 68.7 Å². The first-order chi connectivity index (χ1) is 5.00. The van der Waals surface area contributed by atoms with Gasteiger partial charge < -0.3 is 0 Å². The molecule has 66 valence electrons. The molecule has 0 nitrogen and oxygen atoms in total. The van der Waals surface area contributed by atoms with Gasteiger partial charge in [-0.15, -0.1) is 11.6 Å². The van der Waals surface area contributed by atoms with E-state index in [9.17, 15) is 13.2 Å². The van der Waals surface area contributed by atoms with Crippen molar-refractivity contribution in [2.75, 3.05) is 0 Å². The van der Waals surface area contributed by atoms with Gasteiger partial charge in [-0.25, -0.2) is 0 Å². The zero-order valence-corrected chi connectivity index (χ0v) is 6.75. The molecule has 0 aromatic carbocycles. The number of rotatable bonds is 0. The summed E-state index contributed by atoms with van der Waals surface area (Å²) in [7, 11) is 0. The molecule has 0 bridgehead atoms. The largest absolute Gasteiger partial charge is 0.391 e. The van der Waals surface area contributed by atoms with Crippen LogP contribution in [0.2, 0.25) is 0 Å². The van der Waals surface area contributed by atoms with Crippen LogP contribution in [-0.2, 0) is 0 Å². The topological polar surface area (TPSA) is 0 Å². The molecule has 0 N–H and O–H groups in total. The summed E-state index contributed by atoms with van der Waals surface area (Å²) >= 11 is 5.62. The van der Waals surface area contributed by atoms with Crippen LogP contribution in [0.5, 0.6) is 0 Å². The molecule has 0 aromatic heterocycles. The first-order valence-electron chi connectivity index (χ1n) is 3.71. The minimum absolute atomic E-state index is 0.102. The van der Waals surface area contributed by atoms with Crippen molar-refractivity contribution in [3.63, 3.8) is 0 Å². The van der Waals surface area contributed by atoms with E-state index < -0.39 is 12.1 Å². The summed E-state index contributed by atoms with van der Waals surface area (Å²) in [5.41, 5.74) is 0. The first-order valence-corrected chi connectivity index (χ1v) is 4.14. The van der Waals surface area contributed by atoms with Crippen LogP contribution in [0.25, 0.3) is 0 Å². The van der Waals surface area contributed by atoms with Gasteiger partial charge in [-0.05, 0) is 19.3 Å². The van der Waals surface area contributed by atoms with E-state index in [1.54, 1.807) is 0 Å². The summed E-state index contributed by atoms with van der Waals surface area (Å²) < 4.78 is 36.2. The van der Waals surface area contributed by atoms with Gasteiger partial charge in [0.05, 0.1) is 5.92 Å². The van der Waals surface area contributed by atoms with Gasteiger partial charge in [0.15, 0.2) is 0 Å². The zero-order valence-electron chi connectivity index (χ0n) is 5.99. The lowest BCUT2D eigenvalue weighted by molar-refractivity contribution is -0.181. The summed E-state index contributed by atoms with van der Waals surface area (Å²) in [6.45, 7) is 0. The van der Waals surface area contributed by atoms with E-state index in [4.69, 9.17) is 11.6 Å². The van der Waals surface area contributed by atoms with Gasteiger partial charge in [-0.1, -0.05) is 6.42 Å². The van der Waals surface area contributed by atoms with E-state index in [1.165, 1.54) is 0 Å². The second-order valence-electron chi connectivity index (χ2n) is 3.00. The fourth-order valence-electron chi connectivity index (χ4n) is 1.43. The molecule has 1 saturated carbocycles. The summed E-state index contributed by atoms with van der Waals surface area (Å²) in [5.74, 6) is -1.15. The monoisotopic (exact) mass is 186 g/mol. The normalized spacial score (nSPS) is 33.8. The van der Waals surface area contributed by atoms with E-state index in [1.807, 2.05) is 0 Å². The summed E-state index contributed by atoms with van der Waals surface area (Å²) in [5, 5.41) is -0.268. The quantitative estimate of drug-likeness (QED) is 0.509. The third-order valence-electron chi connectivity index (χ3n) is 2.07. The maximum Gasteiger partial charge on any atom is 0.391 e. The molecule has 0 spiro atoms. The molecule has 1 aliphatic rings. The molecule has 1 aliphatic carbocycles. The second kappa shape index (κ2) is 3.21. The van der Waals surface area contributed by atoms with Crippen LogP contribution in [0.3, 0.4) is 0 Å². The van der Waals surface area contributed by atoms with Gasteiger partial charge in [0.1, 0.15) is 0 Å². The lowest BCUT2D eigenvalue weighted by Gasteiger charge is -2.26. The molecule has 0 aromatic rings. The average Bonchev–Trinajstić information content (AvgIpc) is 1.86. The van der Waals surface area contributed by atoms with Crippen LogP contribution in [0, 0.1) is 5.92 Å². The van der Waals surface area contributed by atoms with Crippen molar-refractivity contribution in [2.45, 2.75) is 37.2 Å². The molecule has 11 heavy (non-hydrogen) atoms. The molecule has 0 aliphatic heterocycles. The maximum atomic E-state index is 12.1. The Hall–Kier alpha value is 0.0800. The third kappa shape index (κ3) is 2.55. The summed E-state index contributed by atoms with van der Waals surface area (Å²) in [4.78, 5) is 0. The minimum Gasteiger partial charge on any atom is -0.171 e. The van der Waals surface area contributed by atoms with Crippen LogP contribution < -0.4 is 0 Å². The number of hydrogen-bond acceptors (Lipinski definition) is 0. The van der Waals surface area contributed by atoms with E-state index in [-0.39, 0.29) is 18.2 Å². The Bertz CT molecular complexity index is 132. The predicted octanol–water partition coefficient (Wildman–Crippen LogP) is 3.35. The lowest BCUT2D eigenvalue weighted by atomic mass is 9.88. The predicted molar refractivity (Wildman–Crippen MR) is 37.7 cm³/mol. The molecular formula is C7H10ClF3. The molecule has 0 amide bonds. The lowest BCUT2D eigenvalue weighted by Crippen LogP contribution is -2.28. The van der Waals surface area contributed by atoms with Crippen LogP contribution in [0.15, 0.2) is 0 Å². The summed E-state index contributed by atoms with van der Waals surface area (Å²) in [6, 6.07) is 0. The molecule has 0 heterocycles. The van der Waals surface area contributed by atoms with Gasteiger partial charge in [-0.2, -0.15) is 13.2 Å². The first kappa shape index (κ1) is 9.17. The summed E-state index contributed by atoms with van der Waals surface area (Å²) in [6.07, 6.45) is -2.34. The third-order valence-corrected chi connectivity index (χ3v) is 2.47. The second-order valence-corrected chi connectivity index (χ2v) is 3.62.